The number of ether oxygens (including phenoxy) is 1. The normalized spacial score (nSPS) is 19.8. The summed E-state index contributed by atoms with van der Waals surface area (Å²) in [6.45, 7) is 0. The van der Waals surface area contributed by atoms with Gasteiger partial charge in [0.15, 0.2) is 17.3 Å². The Labute approximate surface area is 139 Å². The molecule has 2 N–H and O–H groups in total. The second-order valence-electron chi connectivity index (χ2n) is 5.82. The zero-order chi connectivity index (χ0) is 17.7. The monoisotopic (exact) mass is 337 g/mol. The quantitative estimate of drug-likeness (QED) is 0.744. The van der Waals surface area contributed by atoms with Crippen LogP contribution in [-0.2, 0) is 9.59 Å². The fourth-order valence-electron chi connectivity index (χ4n) is 2.92. The van der Waals surface area contributed by atoms with Gasteiger partial charge in [-0.3, -0.25) is 14.4 Å². The van der Waals surface area contributed by atoms with Crippen LogP contribution < -0.4 is 10.1 Å². The van der Waals surface area contributed by atoms with Gasteiger partial charge in [0.2, 0.25) is 5.91 Å². The summed E-state index contributed by atoms with van der Waals surface area (Å²) < 4.78 is 18.4. The van der Waals surface area contributed by atoms with Crippen LogP contribution in [0.2, 0.25) is 0 Å². The Kier molecular flexibility index (Phi) is 5.89. The highest BCUT2D eigenvalue weighted by atomic mass is 19.1. The largest absolute Gasteiger partial charge is 0.494 e. The molecule has 7 heteroatoms. The van der Waals surface area contributed by atoms with Gasteiger partial charge in [0.1, 0.15) is 0 Å². The van der Waals surface area contributed by atoms with Gasteiger partial charge in [0.05, 0.1) is 13.0 Å². The van der Waals surface area contributed by atoms with Crippen molar-refractivity contribution in [1.82, 2.24) is 5.32 Å². The molecule has 1 aliphatic carbocycles. The second kappa shape index (κ2) is 7.90. The van der Waals surface area contributed by atoms with Gasteiger partial charge in [0.25, 0.3) is 0 Å². The standard InChI is InChI=1S/C17H20FNO5/c1-24-15-7-5-10(9-12(15)18)14(20)6-8-16(21)19-13-4-2-3-11(13)17(22)23/h5,7,9,11,13H,2-4,6,8H2,1H3,(H,19,21)(H,22,23)/t11-,13+/m0/s1. The van der Waals surface area contributed by atoms with Crippen molar-refractivity contribution in [2.75, 3.05) is 7.11 Å². The van der Waals surface area contributed by atoms with Gasteiger partial charge >= 0.3 is 5.97 Å². The number of amides is 1. The minimum absolute atomic E-state index is 0.0465. The molecule has 0 bridgehead atoms. The summed E-state index contributed by atoms with van der Waals surface area (Å²) in [5, 5.41) is 11.8. The van der Waals surface area contributed by atoms with Gasteiger partial charge in [-0.2, -0.15) is 0 Å². The first kappa shape index (κ1) is 17.9. The fourth-order valence-corrected chi connectivity index (χ4v) is 2.92. The molecule has 0 radical (unpaired) electrons. The summed E-state index contributed by atoms with van der Waals surface area (Å²) in [6.07, 6.45) is 1.80. The van der Waals surface area contributed by atoms with Gasteiger partial charge in [-0.05, 0) is 31.0 Å². The second-order valence-corrected chi connectivity index (χ2v) is 5.82. The average molecular weight is 337 g/mol. The van der Waals surface area contributed by atoms with Crippen LogP contribution in [0.3, 0.4) is 0 Å². The van der Waals surface area contributed by atoms with Gasteiger partial charge in [0, 0.05) is 24.4 Å². The van der Waals surface area contributed by atoms with E-state index < -0.39 is 17.7 Å². The van der Waals surface area contributed by atoms with Crippen molar-refractivity contribution in [3.05, 3.63) is 29.6 Å². The number of carboxylic acid groups (broad SMARTS) is 1. The lowest BCUT2D eigenvalue weighted by Crippen LogP contribution is -2.40. The number of Topliss-reactive ketones (excluding diaryl/α,β-unsaturated/α-hetero) is 1. The number of benzene rings is 1. The van der Waals surface area contributed by atoms with Crippen LogP contribution in [0.4, 0.5) is 4.39 Å². The van der Waals surface area contributed by atoms with Crippen LogP contribution in [0.15, 0.2) is 18.2 Å². The molecule has 0 aromatic heterocycles. The molecular weight excluding hydrogens is 317 g/mol. The maximum absolute atomic E-state index is 13.6. The SMILES string of the molecule is COc1ccc(C(=O)CCC(=O)N[C@@H]2CCC[C@@H]2C(=O)O)cc1F. The number of hydrogen-bond acceptors (Lipinski definition) is 4. The highest BCUT2D eigenvalue weighted by molar-refractivity contribution is 5.98. The first-order valence-corrected chi connectivity index (χ1v) is 7.81. The predicted octanol–water partition coefficient (Wildman–Crippen LogP) is 2.17. The number of methoxy groups -OCH3 is 1. The van der Waals surface area contributed by atoms with Gasteiger partial charge in [-0.25, -0.2) is 4.39 Å². The summed E-state index contributed by atoms with van der Waals surface area (Å²) >= 11 is 0. The molecule has 1 fully saturated rings. The van der Waals surface area contributed by atoms with Crippen molar-refractivity contribution >= 4 is 17.7 Å². The van der Waals surface area contributed by atoms with E-state index in [4.69, 9.17) is 9.84 Å². The summed E-state index contributed by atoms with van der Waals surface area (Å²) in [4.78, 5) is 35.0. The van der Waals surface area contributed by atoms with E-state index in [1.807, 2.05) is 0 Å². The molecule has 1 saturated carbocycles. The third-order valence-electron chi connectivity index (χ3n) is 4.23. The van der Waals surface area contributed by atoms with Gasteiger partial charge in [-0.1, -0.05) is 6.42 Å². The van der Waals surface area contributed by atoms with Crippen LogP contribution in [0.25, 0.3) is 0 Å². The number of carboxylic acids is 1. The Bertz CT molecular complexity index is 646. The van der Waals surface area contributed by atoms with Crippen LogP contribution in [0.5, 0.6) is 5.75 Å². The van der Waals surface area contributed by atoms with E-state index >= 15 is 0 Å². The van der Waals surface area contributed by atoms with E-state index in [0.717, 1.165) is 12.5 Å². The van der Waals surface area contributed by atoms with Crippen molar-refractivity contribution in [1.29, 1.82) is 0 Å². The third kappa shape index (κ3) is 4.31. The summed E-state index contributed by atoms with van der Waals surface area (Å²) in [6, 6.07) is 3.50. The van der Waals surface area contributed by atoms with E-state index in [2.05, 4.69) is 5.32 Å². The maximum Gasteiger partial charge on any atom is 0.308 e. The molecule has 130 valence electrons. The fraction of sp³-hybridized carbons (Fsp3) is 0.471. The number of nitrogens with one attached hydrogen (secondary N) is 1. The lowest BCUT2D eigenvalue weighted by molar-refractivity contribution is -0.142. The first-order valence-electron chi connectivity index (χ1n) is 7.81. The highest BCUT2D eigenvalue weighted by Crippen LogP contribution is 2.26. The zero-order valence-corrected chi connectivity index (χ0v) is 13.4. The molecule has 6 nitrogen and oxygen atoms in total. The minimum Gasteiger partial charge on any atom is -0.494 e. The molecule has 1 aromatic carbocycles. The molecule has 0 heterocycles. The van der Waals surface area contributed by atoms with Crippen LogP contribution in [-0.4, -0.2) is 35.9 Å². The zero-order valence-electron chi connectivity index (χ0n) is 13.4. The lowest BCUT2D eigenvalue weighted by Gasteiger charge is -2.17. The van der Waals surface area contributed by atoms with Crippen LogP contribution in [0, 0.1) is 11.7 Å². The molecular formula is C17H20FNO5. The van der Waals surface area contributed by atoms with Gasteiger partial charge < -0.3 is 15.2 Å². The summed E-state index contributed by atoms with van der Waals surface area (Å²) in [5.41, 5.74) is 0.172. The Morgan fingerprint density at radius 3 is 2.67 bits per heavy atom. The van der Waals surface area contributed by atoms with E-state index in [1.54, 1.807) is 0 Å². The molecule has 0 spiro atoms. The van der Waals surface area contributed by atoms with Crippen molar-refractivity contribution in [2.45, 2.75) is 38.1 Å². The van der Waals surface area contributed by atoms with E-state index in [0.29, 0.717) is 12.8 Å². The van der Waals surface area contributed by atoms with Gasteiger partial charge in [-0.15, -0.1) is 0 Å². The topological polar surface area (TPSA) is 92.7 Å². The Balaban J connectivity index is 1.86. The number of carbonyl (C=O) groups excluding carboxylic acids is 2. The number of ketones is 1. The van der Waals surface area contributed by atoms with Crippen molar-refractivity contribution in [3.63, 3.8) is 0 Å². The maximum atomic E-state index is 13.6. The molecule has 2 atom stereocenters. The number of hydrogen-bond donors (Lipinski definition) is 2. The van der Waals surface area contributed by atoms with E-state index in [1.165, 1.54) is 19.2 Å². The lowest BCUT2D eigenvalue weighted by atomic mass is 10.0. The van der Waals surface area contributed by atoms with E-state index in [9.17, 15) is 18.8 Å². The molecule has 1 amide bonds. The number of halogens is 1. The summed E-state index contributed by atoms with van der Waals surface area (Å²) in [5.74, 6) is -2.79. The van der Waals surface area contributed by atoms with Crippen molar-refractivity contribution in [2.24, 2.45) is 5.92 Å². The number of aliphatic carboxylic acids is 1. The number of rotatable bonds is 7. The Morgan fingerprint density at radius 1 is 1.29 bits per heavy atom. The molecule has 24 heavy (non-hydrogen) atoms. The Morgan fingerprint density at radius 2 is 2.04 bits per heavy atom. The third-order valence-corrected chi connectivity index (χ3v) is 4.23. The van der Waals surface area contributed by atoms with Crippen LogP contribution in [0.1, 0.15) is 42.5 Å². The molecule has 0 saturated heterocycles. The molecule has 0 unspecified atom stereocenters. The van der Waals surface area contributed by atoms with E-state index in [-0.39, 0.29) is 41.9 Å². The molecule has 1 aromatic rings. The molecule has 0 aliphatic heterocycles. The average Bonchev–Trinajstić information content (AvgIpc) is 3.00. The van der Waals surface area contributed by atoms with Crippen molar-refractivity contribution < 1.29 is 28.6 Å². The van der Waals surface area contributed by atoms with Crippen LogP contribution >= 0.6 is 0 Å². The van der Waals surface area contributed by atoms with Crippen molar-refractivity contribution in [3.8, 4) is 5.75 Å². The molecule has 2 rings (SSSR count). The smallest absolute Gasteiger partial charge is 0.308 e. The first-order chi connectivity index (χ1) is 11.4. The summed E-state index contributed by atoms with van der Waals surface area (Å²) in [7, 11) is 1.33. The molecule has 1 aliphatic rings. The highest BCUT2D eigenvalue weighted by Gasteiger charge is 2.33. The Hall–Kier alpha value is -2.44. The minimum atomic E-state index is -0.914. The number of carbonyl (C=O) groups is 3. The predicted molar refractivity (Wildman–Crippen MR) is 83.4 cm³/mol.